The van der Waals surface area contributed by atoms with Crippen molar-refractivity contribution in [3.63, 3.8) is 0 Å². The van der Waals surface area contributed by atoms with Crippen molar-refractivity contribution in [1.82, 2.24) is 15.6 Å². The van der Waals surface area contributed by atoms with Crippen molar-refractivity contribution in [2.75, 3.05) is 31.1 Å². The van der Waals surface area contributed by atoms with Gasteiger partial charge < -0.3 is 20.0 Å². The molecule has 2 N–H and O–H groups in total. The molecule has 0 aliphatic carbocycles. The van der Waals surface area contributed by atoms with Gasteiger partial charge in [0.25, 0.3) is 0 Å². The van der Waals surface area contributed by atoms with Crippen LogP contribution in [0.5, 0.6) is 0 Å². The molecule has 29 heavy (non-hydrogen) atoms. The highest BCUT2D eigenvalue weighted by molar-refractivity contribution is 7.09. The minimum atomic E-state index is 0.355. The average molecular weight is 410 g/mol. The zero-order chi connectivity index (χ0) is 19.7. The number of guanidine groups is 1. The summed E-state index contributed by atoms with van der Waals surface area (Å²) in [6, 6.07) is 14.6. The van der Waals surface area contributed by atoms with Gasteiger partial charge in [0.15, 0.2) is 5.96 Å². The number of nitrogens with one attached hydrogen (secondary N) is 2. The van der Waals surface area contributed by atoms with Gasteiger partial charge in [-0.25, -0.2) is 4.98 Å². The molecule has 152 valence electrons. The monoisotopic (exact) mass is 409 g/mol. The SMILES string of the molecule is c1ccc(N2CCC(NC(=NCCc3cccs3)NCCc3ccco3)C2)nc1. The predicted octanol–water partition coefficient (Wildman–Crippen LogP) is 3.34. The first kappa shape index (κ1) is 19.5. The van der Waals surface area contributed by atoms with E-state index in [0.29, 0.717) is 6.04 Å². The number of hydrogen-bond acceptors (Lipinski definition) is 5. The average Bonchev–Trinajstić information content (AvgIpc) is 3.52. The van der Waals surface area contributed by atoms with Crippen molar-refractivity contribution in [1.29, 1.82) is 0 Å². The van der Waals surface area contributed by atoms with E-state index in [9.17, 15) is 0 Å². The lowest BCUT2D eigenvalue weighted by Crippen LogP contribution is -2.45. The predicted molar refractivity (Wildman–Crippen MR) is 119 cm³/mol. The van der Waals surface area contributed by atoms with Gasteiger partial charge in [-0.1, -0.05) is 12.1 Å². The van der Waals surface area contributed by atoms with E-state index in [4.69, 9.17) is 9.41 Å². The summed E-state index contributed by atoms with van der Waals surface area (Å²) in [5.41, 5.74) is 0. The Morgan fingerprint density at radius 1 is 1.21 bits per heavy atom. The van der Waals surface area contributed by atoms with Crippen LogP contribution in [0.4, 0.5) is 5.82 Å². The fraction of sp³-hybridized carbons (Fsp3) is 0.364. The Labute approximate surface area is 175 Å². The second kappa shape index (κ2) is 10.1. The highest BCUT2D eigenvalue weighted by atomic mass is 32.1. The number of aliphatic imine (C=N–C) groups is 1. The first-order chi connectivity index (χ1) is 14.4. The number of rotatable bonds is 8. The maximum absolute atomic E-state index is 5.43. The minimum Gasteiger partial charge on any atom is -0.469 e. The molecule has 6 nitrogen and oxygen atoms in total. The zero-order valence-electron chi connectivity index (χ0n) is 16.5. The molecule has 1 atom stereocenters. The van der Waals surface area contributed by atoms with E-state index >= 15 is 0 Å². The fourth-order valence-corrected chi connectivity index (χ4v) is 4.16. The lowest BCUT2D eigenvalue weighted by atomic mass is 10.2. The largest absolute Gasteiger partial charge is 0.469 e. The summed E-state index contributed by atoms with van der Waals surface area (Å²) in [5.74, 6) is 2.90. The smallest absolute Gasteiger partial charge is 0.191 e. The Kier molecular flexibility index (Phi) is 6.81. The number of aromatic nitrogens is 1. The molecule has 1 aliphatic rings. The van der Waals surface area contributed by atoms with Crippen molar-refractivity contribution in [2.45, 2.75) is 25.3 Å². The molecular formula is C22H27N5OS. The topological polar surface area (TPSA) is 65.7 Å². The van der Waals surface area contributed by atoms with E-state index in [0.717, 1.165) is 63.0 Å². The number of anilines is 1. The molecule has 7 heteroatoms. The maximum Gasteiger partial charge on any atom is 0.191 e. The van der Waals surface area contributed by atoms with Crippen LogP contribution in [-0.2, 0) is 12.8 Å². The molecule has 0 radical (unpaired) electrons. The highest BCUT2D eigenvalue weighted by Gasteiger charge is 2.24. The number of thiophene rings is 1. The fourth-order valence-electron chi connectivity index (χ4n) is 3.46. The summed E-state index contributed by atoms with van der Waals surface area (Å²) < 4.78 is 5.43. The lowest BCUT2D eigenvalue weighted by Gasteiger charge is -2.19. The second-order valence-corrected chi connectivity index (χ2v) is 8.11. The normalized spacial score (nSPS) is 16.9. The van der Waals surface area contributed by atoms with E-state index in [1.165, 1.54) is 4.88 Å². The number of hydrogen-bond donors (Lipinski definition) is 2. The maximum atomic E-state index is 5.43. The van der Waals surface area contributed by atoms with Crippen molar-refractivity contribution >= 4 is 23.1 Å². The van der Waals surface area contributed by atoms with E-state index in [-0.39, 0.29) is 0 Å². The third kappa shape index (κ3) is 5.84. The van der Waals surface area contributed by atoms with Crippen molar-refractivity contribution in [3.05, 3.63) is 70.9 Å². The number of pyridine rings is 1. The molecule has 3 aromatic heterocycles. The van der Waals surface area contributed by atoms with Crippen LogP contribution >= 0.6 is 11.3 Å². The van der Waals surface area contributed by atoms with Crippen molar-refractivity contribution in [3.8, 4) is 0 Å². The molecule has 1 saturated heterocycles. The van der Waals surface area contributed by atoms with E-state index < -0.39 is 0 Å². The minimum absolute atomic E-state index is 0.355. The van der Waals surface area contributed by atoms with Crippen molar-refractivity contribution < 1.29 is 4.42 Å². The molecule has 3 aromatic rings. The quantitative estimate of drug-likeness (QED) is 0.441. The van der Waals surface area contributed by atoms with Gasteiger partial charge in [0.1, 0.15) is 11.6 Å². The summed E-state index contributed by atoms with van der Waals surface area (Å²) in [6.45, 7) is 3.49. The lowest BCUT2D eigenvalue weighted by molar-refractivity contribution is 0.506. The second-order valence-electron chi connectivity index (χ2n) is 7.08. The summed E-state index contributed by atoms with van der Waals surface area (Å²) >= 11 is 1.79. The van der Waals surface area contributed by atoms with Crippen LogP contribution in [0.25, 0.3) is 0 Å². The molecule has 1 aliphatic heterocycles. The first-order valence-corrected chi connectivity index (χ1v) is 11.0. The summed E-state index contributed by atoms with van der Waals surface area (Å²) in [4.78, 5) is 13.0. The van der Waals surface area contributed by atoms with Gasteiger partial charge in [0.2, 0.25) is 0 Å². The molecule has 4 rings (SSSR count). The third-order valence-corrected chi connectivity index (χ3v) is 5.89. The van der Waals surface area contributed by atoms with E-state index in [1.807, 2.05) is 30.5 Å². The van der Waals surface area contributed by atoms with Gasteiger partial charge >= 0.3 is 0 Å². The van der Waals surface area contributed by atoms with Crippen LogP contribution in [0.1, 0.15) is 17.1 Å². The van der Waals surface area contributed by atoms with Crippen LogP contribution in [0.3, 0.4) is 0 Å². The van der Waals surface area contributed by atoms with Gasteiger partial charge in [-0.2, -0.15) is 0 Å². The first-order valence-electron chi connectivity index (χ1n) is 10.1. The Balaban J connectivity index is 1.32. The van der Waals surface area contributed by atoms with Crippen LogP contribution in [0.15, 0.2) is 69.7 Å². The van der Waals surface area contributed by atoms with Crippen LogP contribution in [-0.4, -0.2) is 43.2 Å². The summed E-state index contributed by atoms with van der Waals surface area (Å²) in [7, 11) is 0. The molecule has 0 amide bonds. The van der Waals surface area contributed by atoms with Gasteiger partial charge in [0.05, 0.1) is 6.26 Å². The Morgan fingerprint density at radius 2 is 2.21 bits per heavy atom. The molecule has 1 fully saturated rings. The van der Waals surface area contributed by atoms with Gasteiger partial charge in [0, 0.05) is 56.1 Å². The highest BCUT2D eigenvalue weighted by Crippen LogP contribution is 2.17. The third-order valence-electron chi connectivity index (χ3n) is 4.95. The molecule has 0 spiro atoms. The molecule has 0 aromatic carbocycles. The molecule has 4 heterocycles. The molecular weight excluding hydrogens is 382 g/mol. The van der Waals surface area contributed by atoms with Crippen LogP contribution in [0.2, 0.25) is 0 Å². The van der Waals surface area contributed by atoms with E-state index in [1.54, 1.807) is 17.6 Å². The standard InChI is InChI=1S/C22H27N5OS/c1-2-11-23-21(7-1)27-14-10-18(17-27)26-22(24-12-8-19-5-3-15-28-19)25-13-9-20-6-4-16-29-20/h1-7,11,15-16,18H,8-10,12-14,17H2,(H2,24,25,26). The van der Waals surface area contributed by atoms with Crippen LogP contribution < -0.4 is 15.5 Å². The Hall–Kier alpha value is -2.80. The summed E-state index contributed by atoms with van der Waals surface area (Å²) in [6.07, 6.45) is 6.44. The number of furan rings is 1. The Bertz CT molecular complexity index is 864. The summed E-state index contributed by atoms with van der Waals surface area (Å²) in [5, 5.41) is 9.20. The zero-order valence-corrected chi connectivity index (χ0v) is 17.3. The molecule has 1 unspecified atom stereocenters. The van der Waals surface area contributed by atoms with Crippen molar-refractivity contribution in [2.24, 2.45) is 4.99 Å². The molecule has 0 saturated carbocycles. The van der Waals surface area contributed by atoms with Gasteiger partial charge in [-0.05, 0) is 42.1 Å². The molecule has 0 bridgehead atoms. The Morgan fingerprint density at radius 3 is 3.00 bits per heavy atom. The van der Waals surface area contributed by atoms with E-state index in [2.05, 4.69) is 44.1 Å². The van der Waals surface area contributed by atoms with Gasteiger partial charge in [-0.3, -0.25) is 4.99 Å². The van der Waals surface area contributed by atoms with Gasteiger partial charge in [-0.15, -0.1) is 11.3 Å². The number of nitrogens with zero attached hydrogens (tertiary/aromatic N) is 3. The van der Waals surface area contributed by atoms with Crippen LogP contribution in [0, 0.1) is 0 Å².